The molecular formula is C20H19ClN2O3S. The van der Waals surface area contributed by atoms with Gasteiger partial charge in [0.05, 0.1) is 12.8 Å². The van der Waals surface area contributed by atoms with E-state index in [1.807, 2.05) is 36.4 Å². The van der Waals surface area contributed by atoms with E-state index in [9.17, 15) is 13.2 Å². The van der Waals surface area contributed by atoms with Crippen LogP contribution in [0.2, 0.25) is 5.02 Å². The molecule has 0 unspecified atom stereocenters. The van der Waals surface area contributed by atoms with Gasteiger partial charge < -0.3 is 5.32 Å². The van der Waals surface area contributed by atoms with Crippen molar-refractivity contribution in [2.24, 2.45) is 0 Å². The molecule has 3 aromatic rings. The van der Waals surface area contributed by atoms with Gasteiger partial charge in [-0.2, -0.15) is 4.31 Å². The van der Waals surface area contributed by atoms with Gasteiger partial charge in [-0.15, -0.1) is 0 Å². The van der Waals surface area contributed by atoms with Crippen molar-refractivity contribution in [2.45, 2.75) is 6.54 Å². The predicted molar refractivity (Wildman–Crippen MR) is 109 cm³/mol. The summed E-state index contributed by atoms with van der Waals surface area (Å²) < 4.78 is 25.4. The average molecular weight is 403 g/mol. The minimum absolute atomic E-state index is 0.0962. The molecule has 7 heteroatoms. The number of hydrogen-bond donors (Lipinski definition) is 1. The minimum Gasteiger partial charge on any atom is -0.324 e. The lowest BCUT2D eigenvalue weighted by molar-refractivity contribution is -0.116. The number of sulfonamides is 1. The van der Waals surface area contributed by atoms with E-state index in [0.29, 0.717) is 10.7 Å². The number of nitrogens with zero attached hydrogens (tertiary/aromatic N) is 1. The van der Waals surface area contributed by atoms with Crippen molar-refractivity contribution >= 4 is 44.0 Å². The van der Waals surface area contributed by atoms with Crippen LogP contribution in [0, 0.1) is 0 Å². The molecule has 0 heterocycles. The highest BCUT2D eigenvalue weighted by Gasteiger charge is 2.21. The van der Waals surface area contributed by atoms with Crippen molar-refractivity contribution in [3.63, 3.8) is 0 Å². The highest BCUT2D eigenvalue weighted by molar-refractivity contribution is 7.88. The van der Waals surface area contributed by atoms with Gasteiger partial charge in [-0.25, -0.2) is 8.42 Å². The molecule has 0 saturated carbocycles. The SMILES string of the molecule is CS(=O)(=O)N(CC(=O)Nc1cccc2ccccc12)Cc1ccc(Cl)cc1. The number of benzene rings is 3. The molecule has 1 N–H and O–H groups in total. The van der Waals surface area contributed by atoms with Crippen molar-refractivity contribution in [2.75, 3.05) is 18.1 Å². The van der Waals surface area contributed by atoms with Gasteiger partial charge in [0.2, 0.25) is 15.9 Å². The van der Waals surface area contributed by atoms with E-state index in [1.165, 1.54) is 0 Å². The molecule has 0 fully saturated rings. The molecule has 0 aliphatic rings. The first-order valence-corrected chi connectivity index (χ1v) is 10.5. The third kappa shape index (κ3) is 5.07. The number of fused-ring (bicyclic) bond motifs is 1. The quantitative estimate of drug-likeness (QED) is 0.680. The number of rotatable bonds is 6. The normalized spacial score (nSPS) is 11.7. The van der Waals surface area contributed by atoms with Crippen molar-refractivity contribution in [1.82, 2.24) is 4.31 Å². The summed E-state index contributed by atoms with van der Waals surface area (Å²) in [6.45, 7) is -0.177. The lowest BCUT2D eigenvalue weighted by Crippen LogP contribution is -2.36. The number of carbonyl (C=O) groups excluding carboxylic acids is 1. The van der Waals surface area contributed by atoms with Crippen molar-refractivity contribution < 1.29 is 13.2 Å². The summed E-state index contributed by atoms with van der Waals surface area (Å²) in [7, 11) is -3.56. The zero-order chi connectivity index (χ0) is 19.4. The fourth-order valence-corrected chi connectivity index (χ4v) is 3.63. The standard InChI is InChI=1S/C20H19ClN2O3S/c1-27(25,26)23(13-15-9-11-17(21)12-10-15)14-20(24)22-19-8-4-6-16-5-2-3-7-18(16)19/h2-12H,13-14H2,1H3,(H,22,24). The Bertz CT molecular complexity index is 1060. The Labute approximate surface area is 163 Å². The number of anilines is 1. The van der Waals surface area contributed by atoms with Gasteiger partial charge in [0, 0.05) is 22.6 Å². The van der Waals surface area contributed by atoms with Gasteiger partial charge in [-0.3, -0.25) is 4.79 Å². The van der Waals surface area contributed by atoms with Crippen molar-refractivity contribution in [3.8, 4) is 0 Å². The third-order valence-corrected chi connectivity index (χ3v) is 5.57. The summed E-state index contributed by atoms with van der Waals surface area (Å²) >= 11 is 5.86. The average Bonchev–Trinajstić information content (AvgIpc) is 2.62. The number of nitrogens with one attached hydrogen (secondary N) is 1. The first kappa shape index (κ1) is 19.4. The zero-order valence-electron chi connectivity index (χ0n) is 14.7. The van der Waals surface area contributed by atoms with Crippen LogP contribution in [0.5, 0.6) is 0 Å². The number of amides is 1. The minimum atomic E-state index is -3.56. The highest BCUT2D eigenvalue weighted by atomic mass is 35.5. The topological polar surface area (TPSA) is 66.5 Å². The van der Waals surface area contributed by atoms with Crippen LogP contribution in [0.4, 0.5) is 5.69 Å². The Balaban J connectivity index is 1.77. The van der Waals surface area contributed by atoms with Gasteiger partial charge in [0.1, 0.15) is 0 Å². The Hall–Kier alpha value is -2.41. The molecular weight excluding hydrogens is 384 g/mol. The molecule has 27 heavy (non-hydrogen) atoms. The van der Waals surface area contributed by atoms with Crippen LogP contribution in [-0.2, 0) is 21.4 Å². The molecule has 140 valence electrons. The molecule has 0 aromatic heterocycles. The van der Waals surface area contributed by atoms with E-state index in [-0.39, 0.29) is 13.1 Å². The number of halogens is 1. The fourth-order valence-electron chi connectivity index (χ4n) is 2.77. The summed E-state index contributed by atoms with van der Waals surface area (Å²) in [4.78, 5) is 12.5. The van der Waals surface area contributed by atoms with Crippen LogP contribution in [0.25, 0.3) is 10.8 Å². The molecule has 0 radical (unpaired) electrons. The number of carbonyl (C=O) groups is 1. The van der Waals surface area contributed by atoms with E-state index < -0.39 is 15.9 Å². The van der Waals surface area contributed by atoms with E-state index in [2.05, 4.69) is 5.32 Å². The van der Waals surface area contributed by atoms with E-state index >= 15 is 0 Å². The second-order valence-corrected chi connectivity index (χ2v) is 8.65. The van der Waals surface area contributed by atoms with Crippen LogP contribution in [0.15, 0.2) is 66.7 Å². The number of hydrogen-bond acceptors (Lipinski definition) is 3. The van der Waals surface area contributed by atoms with Gasteiger partial charge in [-0.1, -0.05) is 60.1 Å². The maximum atomic E-state index is 12.5. The Morgan fingerprint density at radius 3 is 2.37 bits per heavy atom. The maximum absolute atomic E-state index is 12.5. The van der Waals surface area contributed by atoms with Crippen molar-refractivity contribution in [1.29, 1.82) is 0 Å². The predicted octanol–water partition coefficient (Wildman–Crippen LogP) is 3.89. The summed E-state index contributed by atoms with van der Waals surface area (Å²) in [5, 5.41) is 5.28. The largest absolute Gasteiger partial charge is 0.324 e. The molecule has 1 amide bonds. The summed E-state index contributed by atoms with van der Waals surface area (Å²) in [6.07, 6.45) is 1.09. The van der Waals surface area contributed by atoms with Crippen LogP contribution in [-0.4, -0.2) is 31.4 Å². The summed E-state index contributed by atoms with van der Waals surface area (Å²) in [5.41, 5.74) is 1.40. The fraction of sp³-hybridized carbons (Fsp3) is 0.150. The second kappa shape index (κ2) is 8.08. The molecule has 3 aromatic carbocycles. The smallest absolute Gasteiger partial charge is 0.239 e. The van der Waals surface area contributed by atoms with E-state index in [1.54, 1.807) is 30.3 Å². The molecule has 0 aliphatic carbocycles. The first-order chi connectivity index (χ1) is 12.8. The molecule has 0 aliphatic heterocycles. The summed E-state index contributed by atoms with van der Waals surface area (Å²) in [6, 6.07) is 20.1. The van der Waals surface area contributed by atoms with Crippen LogP contribution < -0.4 is 5.32 Å². The molecule has 5 nitrogen and oxygen atoms in total. The van der Waals surface area contributed by atoms with E-state index in [4.69, 9.17) is 11.6 Å². The van der Waals surface area contributed by atoms with Crippen molar-refractivity contribution in [3.05, 3.63) is 77.3 Å². The highest BCUT2D eigenvalue weighted by Crippen LogP contribution is 2.23. The molecule has 0 bridgehead atoms. The van der Waals surface area contributed by atoms with Crippen LogP contribution in [0.1, 0.15) is 5.56 Å². The molecule has 0 saturated heterocycles. The molecule has 3 rings (SSSR count). The first-order valence-electron chi connectivity index (χ1n) is 8.30. The van der Waals surface area contributed by atoms with Gasteiger partial charge in [0.15, 0.2) is 0 Å². The Morgan fingerprint density at radius 2 is 1.67 bits per heavy atom. The summed E-state index contributed by atoms with van der Waals surface area (Å²) in [5.74, 6) is -0.397. The van der Waals surface area contributed by atoms with E-state index in [0.717, 1.165) is 26.9 Å². The van der Waals surface area contributed by atoms with Gasteiger partial charge in [0.25, 0.3) is 0 Å². The Kier molecular flexibility index (Phi) is 5.79. The lowest BCUT2D eigenvalue weighted by Gasteiger charge is -2.20. The van der Waals surface area contributed by atoms with Crippen LogP contribution >= 0.6 is 11.6 Å². The second-order valence-electron chi connectivity index (χ2n) is 6.23. The zero-order valence-corrected chi connectivity index (χ0v) is 16.3. The Morgan fingerprint density at radius 1 is 1.00 bits per heavy atom. The monoisotopic (exact) mass is 402 g/mol. The lowest BCUT2D eigenvalue weighted by atomic mass is 10.1. The van der Waals surface area contributed by atoms with Gasteiger partial charge >= 0.3 is 0 Å². The van der Waals surface area contributed by atoms with Crippen LogP contribution in [0.3, 0.4) is 0 Å². The molecule has 0 spiro atoms. The third-order valence-electron chi connectivity index (χ3n) is 4.12. The molecule has 0 atom stereocenters. The maximum Gasteiger partial charge on any atom is 0.239 e. The van der Waals surface area contributed by atoms with Gasteiger partial charge in [-0.05, 0) is 29.1 Å².